The average Bonchev–Trinajstić information content (AvgIpc) is 3.37. The third kappa shape index (κ3) is 6.39. The summed E-state index contributed by atoms with van der Waals surface area (Å²) >= 11 is 1.20. The lowest BCUT2D eigenvalue weighted by Gasteiger charge is -2.30. The zero-order chi connectivity index (χ0) is 28.1. The van der Waals surface area contributed by atoms with Crippen LogP contribution in [0.5, 0.6) is 0 Å². The highest BCUT2D eigenvalue weighted by atomic mass is 32.1. The molecule has 4 aromatic rings. The van der Waals surface area contributed by atoms with Crippen molar-refractivity contribution in [1.29, 1.82) is 5.26 Å². The van der Waals surface area contributed by atoms with Gasteiger partial charge in [-0.05, 0) is 83.6 Å². The van der Waals surface area contributed by atoms with E-state index in [2.05, 4.69) is 46.2 Å². The quantitative estimate of drug-likeness (QED) is 0.205. The summed E-state index contributed by atoms with van der Waals surface area (Å²) in [6, 6.07) is 21.2. The number of nitrogens with zero attached hydrogens (tertiary/aromatic N) is 2. The third-order valence-electron chi connectivity index (χ3n) is 7.51. The van der Waals surface area contributed by atoms with Crippen LogP contribution in [-0.4, -0.2) is 28.2 Å². The fourth-order valence-electron chi connectivity index (χ4n) is 5.41. The molecular weight excluding hydrogens is 526 g/mol. The van der Waals surface area contributed by atoms with Crippen molar-refractivity contribution in [2.45, 2.75) is 57.2 Å². The first-order valence-electron chi connectivity index (χ1n) is 13.6. The molecule has 5 nitrogen and oxygen atoms in total. The number of nitriles is 1. The molecule has 0 amide bonds. The van der Waals surface area contributed by atoms with Crippen LogP contribution < -0.4 is 10.6 Å². The lowest BCUT2D eigenvalue weighted by atomic mass is 9.86. The Bertz CT molecular complexity index is 1480. The number of aliphatic hydroxyl groups excluding tert-OH is 1. The largest absolute Gasteiger partial charge is 0.390 e. The van der Waals surface area contributed by atoms with E-state index in [1.165, 1.54) is 40.4 Å². The Morgan fingerprint density at radius 2 is 1.85 bits per heavy atom. The molecule has 0 saturated heterocycles. The highest BCUT2D eigenvalue weighted by Crippen LogP contribution is 2.34. The zero-order valence-corrected chi connectivity index (χ0v) is 23.1. The second-order valence-corrected chi connectivity index (χ2v) is 11.0. The standard InChI is InChI=1S/C32H32F2N4OS/c1-2-20-11-12-22-9-6-10-28(26(22)15-20)36-19-30(39)29(16-21-13-24(33)17-25(34)14-21)37-32-27(18-35)31(40-38-32)23-7-4-3-5-8-23/h3-5,7-8,11-15,17,28-30,36,39H,2,6,9-10,16,19H2,1H3,(H,37,38). The molecule has 0 fully saturated rings. The summed E-state index contributed by atoms with van der Waals surface area (Å²) in [5.74, 6) is -1.00. The first kappa shape index (κ1) is 27.9. The Labute approximate surface area is 237 Å². The van der Waals surface area contributed by atoms with Crippen molar-refractivity contribution >= 4 is 17.4 Å². The molecule has 0 saturated carbocycles. The van der Waals surface area contributed by atoms with Crippen LogP contribution >= 0.6 is 11.5 Å². The maximum absolute atomic E-state index is 14.0. The van der Waals surface area contributed by atoms with Crippen molar-refractivity contribution in [3.63, 3.8) is 0 Å². The first-order valence-corrected chi connectivity index (χ1v) is 14.4. The van der Waals surface area contributed by atoms with Gasteiger partial charge in [0.1, 0.15) is 23.3 Å². The van der Waals surface area contributed by atoms with Crippen LogP contribution in [0.2, 0.25) is 0 Å². The molecule has 1 heterocycles. The van der Waals surface area contributed by atoms with Crippen molar-refractivity contribution in [2.24, 2.45) is 0 Å². The summed E-state index contributed by atoms with van der Waals surface area (Å²) in [5.41, 5.74) is 5.53. The molecule has 1 aliphatic carbocycles. The predicted molar refractivity (Wildman–Crippen MR) is 155 cm³/mol. The van der Waals surface area contributed by atoms with E-state index in [-0.39, 0.29) is 19.0 Å². The van der Waals surface area contributed by atoms with Gasteiger partial charge in [0.25, 0.3) is 0 Å². The fourth-order valence-corrected chi connectivity index (χ4v) is 6.21. The van der Waals surface area contributed by atoms with Gasteiger partial charge in [0.15, 0.2) is 5.82 Å². The zero-order valence-electron chi connectivity index (χ0n) is 22.3. The van der Waals surface area contributed by atoms with E-state index in [9.17, 15) is 19.1 Å². The van der Waals surface area contributed by atoms with Gasteiger partial charge >= 0.3 is 0 Å². The number of nitrogens with one attached hydrogen (secondary N) is 2. The van der Waals surface area contributed by atoms with Crippen molar-refractivity contribution in [3.8, 4) is 16.5 Å². The number of halogens is 2. The second kappa shape index (κ2) is 12.7. The van der Waals surface area contributed by atoms with E-state index >= 15 is 0 Å². The summed E-state index contributed by atoms with van der Waals surface area (Å²) in [4.78, 5) is 0.722. The molecule has 206 valence electrons. The predicted octanol–water partition coefficient (Wildman–Crippen LogP) is 6.57. The maximum atomic E-state index is 14.0. The van der Waals surface area contributed by atoms with E-state index in [0.717, 1.165) is 42.2 Å². The number of fused-ring (bicyclic) bond motifs is 1. The third-order valence-corrected chi connectivity index (χ3v) is 8.41. The Balaban J connectivity index is 1.39. The van der Waals surface area contributed by atoms with Crippen LogP contribution in [0.3, 0.4) is 0 Å². The minimum absolute atomic E-state index is 0.107. The van der Waals surface area contributed by atoms with Crippen LogP contribution in [0.1, 0.15) is 53.6 Å². The van der Waals surface area contributed by atoms with Crippen LogP contribution in [0.25, 0.3) is 10.4 Å². The van der Waals surface area contributed by atoms with Crippen LogP contribution in [0.4, 0.5) is 14.6 Å². The number of benzene rings is 3. The van der Waals surface area contributed by atoms with E-state index in [1.807, 2.05) is 30.3 Å². The van der Waals surface area contributed by atoms with Crippen LogP contribution in [0, 0.1) is 23.0 Å². The van der Waals surface area contributed by atoms with Crippen molar-refractivity contribution in [2.75, 3.05) is 11.9 Å². The normalized spacial score (nSPS) is 16.1. The monoisotopic (exact) mass is 558 g/mol. The SMILES string of the molecule is CCc1ccc2c(c1)C(NCC(O)C(Cc1cc(F)cc(F)c1)Nc1nsc(-c3ccccc3)c1C#N)CCC2. The Kier molecular flexibility index (Phi) is 8.85. The van der Waals surface area contributed by atoms with Gasteiger partial charge in [-0.15, -0.1) is 0 Å². The van der Waals surface area contributed by atoms with Crippen LogP contribution in [-0.2, 0) is 19.3 Å². The lowest BCUT2D eigenvalue weighted by molar-refractivity contribution is 0.143. The Morgan fingerprint density at radius 3 is 2.58 bits per heavy atom. The Morgan fingerprint density at radius 1 is 1.07 bits per heavy atom. The number of hydrogen-bond donors (Lipinski definition) is 3. The summed E-state index contributed by atoms with van der Waals surface area (Å²) < 4.78 is 32.5. The van der Waals surface area contributed by atoms with Crippen molar-refractivity contribution in [1.82, 2.24) is 9.69 Å². The number of aliphatic hydroxyl groups is 1. The lowest BCUT2D eigenvalue weighted by Crippen LogP contribution is -2.43. The number of aromatic nitrogens is 1. The average molecular weight is 559 g/mol. The molecule has 0 spiro atoms. The molecule has 1 aliphatic rings. The molecule has 0 aliphatic heterocycles. The van der Waals surface area contributed by atoms with Gasteiger partial charge in [0.05, 0.1) is 17.0 Å². The topological polar surface area (TPSA) is 81.0 Å². The van der Waals surface area contributed by atoms with Gasteiger partial charge < -0.3 is 15.7 Å². The Hall–Kier alpha value is -3.64. The first-order chi connectivity index (χ1) is 19.4. The van der Waals surface area contributed by atoms with E-state index < -0.39 is 23.8 Å². The molecule has 3 unspecified atom stereocenters. The highest BCUT2D eigenvalue weighted by molar-refractivity contribution is 7.10. The molecule has 5 rings (SSSR count). The highest BCUT2D eigenvalue weighted by Gasteiger charge is 2.27. The smallest absolute Gasteiger partial charge is 0.158 e. The van der Waals surface area contributed by atoms with Gasteiger partial charge in [0, 0.05) is 18.7 Å². The number of rotatable bonds is 10. The minimum Gasteiger partial charge on any atom is -0.390 e. The van der Waals surface area contributed by atoms with E-state index in [4.69, 9.17) is 0 Å². The molecule has 1 aromatic heterocycles. The molecule has 3 aromatic carbocycles. The second-order valence-electron chi connectivity index (χ2n) is 10.3. The number of anilines is 1. The van der Waals surface area contributed by atoms with Crippen LogP contribution in [0.15, 0.2) is 66.7 Å². The minimum atomic E-state index is -0.931. The van der Waals surface area contributed by atoms with Gasteiger partial charge in [-0.3, -0.25) is 0 Å². The van der Waals surface area contributed by atoms with E-state index in [0.29, 0.717) is 16.9 Å². The number of aryl methyl sites for hydroxylation is 2. The van der Waals surface area contributed by atoms with E-state index in [1.54, 1.807) is 0 Å². The summed E-state index contributed by atoms with van der Waals surface area (Å²) in [7, 11) is 0. The maximum Gasteiger partial charge on any atom is 0.158 e. The summed E-state index contributed by atoms with van der Waals surface area (Å²) in [5, 5.41) is 28.2. The number of hydrogen-bond acceptors (Lipinski definition) is 6. The summed E-state index contributed by atoms with van der Waals surface area (Å²) in [6.45, 7) is 2.40. The molecule has 3 N–H and O–H groups in total. The van der Waals surface area contributed by atoms with Gasteiger partial charge in [-0.2, -0.15) is 9.64 Å². The molecule has 40 heavy (non-hydrogen) atoms. The fraction of sp³-hybridized carbons (Fsp3) is 0.312. The molecule has 3 atom stereocenters. The molecule has 0 radical (unpaired) electrons. The van der Waals surface area contributed by atoms with Gasteiger partial charge in [-0.1, -0.05) is 55.5 Å². The van der Waals surface area contributed by atoms with Crippen molar-refractivity contribution in [3.05, 3.63) is 106 Å². The molecule has 8 heteroatoms. The molecule has 0 bridgehead atoms. The van der Waals surface area contributed by atoms with Gasteiger partial charge in [0.2, 0.25) is 0 Å². The van der Waals surface area contributed by atoms with Crippen molar-refractivity contribution < 1.29 is 13.9 Å². The van der Waals surface area contributed by atoms with Gasteiger partial charge in [-0.25, -0.2) is 8.78 Å². The molecular formula is C32H32F2N4OS. The summed E-state index contributed by atoms with van der Waals surface area (Å²) in [6.07, 6.45) is 3.23.